The van der Waals surface area contributed by atoms with Crippen LogP contribution in [0.1, 0.15) is 105 Å². The highest BCUT2D eigenvalue weighted by atomic mass is 16.5. The Labute approximate surface area is 145 Å². The van der Waals surface area contributed by atoms with Crippen molar-refractivity contribution in [2.45, 2.75) is 105 Å². The topological polar surface area (TPSA) is 26.3 Å². The standard InChI is InChI=1S/C21H40O2/c1-5-6-7-8-11-14-17-20(22)23-19-16-13-10-9-12-15-18-21(2,3)4/h8,11H,5-7,9-10,12-19H2,1-4H3/b11-8-. The summed E-state index contributed by atoms with van der Waals surface area (Å²) in [7, 11) is 0. The summed E-state index contributed by atoms with van der Waals surface area (Å²) in [5, 5.41) is 0. The van der Waals surface area contributed by atoms with Crippen LogP contribution in [0.5, 0.6) is 0 Å². The van der Waals surface area contributed by atoms with Gasteiger partial charge in [0.2, 0.25) is 0 Å². The minimum Gasteiger partial charge on any atom is -0.466 e. The number of hydrogen-bond acceptors (Lipinski definition) is 2. The van der Waals surface area contributed by atoms with Crippen molar-refractivity contribution in [2.75, 3.05) is 6.61 Å². The highest BCUT2D eigenvalue weighted by Gasteiger charge is 2.08. The zero-order valence-electron chi connectivity index (χ0n) is 16.2. The molecule has 136 valence electrons. The second kappa shape index (κ2) is 14.8. The summed E-state index contributed by atoms with van der Waals surface area (Å²) < 4.78 is 5.27. The van der Waals surface area contributed by atoms with Gasteiger partial charge in [-0.25, -0.2) is 0 Å². The fourth-order valence-electron chi connectivity index (χ4n) is 2.48. The van der Waals surface area contributed by atoms with E-state index in [2.05, 4.69) is 39.8 Å². The summed E-state index contributed by atoms with van der Waals surface area (Å²) in [5.41, 5.74) is 0.472. The molecule has 23 heavy (non-hydrogen) atoms. The predicted molar refractivity (Wildman–Crippen MR) is 101 cm³/mol. The number of allylic oxidation sites excluding steroid dienone is 2. The highest BCUT2D eigenvalue weighted by Crippen LogP contribution is 2.22. The summed E-state index contributed by atoms with van der Waals surface area (Å²) >= 11 is 0. The minimum atomic E-state index is -0.0460. The molecule has 0 fully saturated rings. The van der Waals surface area contributed by atoms with Gasteiger partial charge in [0.15, 0.2) is 0 Å². The number of hydrogen-bond donors (Lipinski definition) is 0. The molecule has 0 rings (SSSR count). The lowest BCUT2D eigenvalue weighted by Crippen LogP contribution is -2.05. The van der Waals surface area contributed by atoms with E-state index in [0.29, 0.717) is 18.4 Å². The predicted octanol–water partition coefficient (Wildman–Crippen LogP) is 6.83. The molecule has 0 aliphatic carbocycles. The third kappa shape index (κ3) is 19.2. The molecule has 0 atom stereocenters. The van der Waals surface area contributed by atoms with Gasteiger partial charge in [0, 0.05) is 6.42 Å². The first-order valence-electron chi connectivity index (χ1n) is 9.76. The van der Waals surface area contributed by atoms with Gasteiger partial charge in [-0.3, -0.25) is 4.79 Å². The lowest BCUT2D eigenvalue weighted by Gasteiger charge is -2.17. The summed E-state index contributed by atoms with van der Waals surface area (Å²) in [5.74, 6) is -0.0460. The monoisotopic (exact) mass is 324 g/mol. The molecule has 0 unspecified atom stereocenters. The van der Waals surface area contributed by atoms with Crippen molar-refractivity contribution in [3.8, 4) is 0 Å². The zero-order chi connectivity index (χ0) is 17.4. The Morgan fingerprint density at radius 1 is 0.870 bits per heavy atom. The molecule has 0 aliphatic heterocycles. The van der Waals surface area contributed by atoms with Crippen molar-refractivity contribution in [3.63, 3.8) is 0 Å². The van der Waals surface area contributed by atoms with E-state index in [1.165, 1.54) is 51.4 Å². The first-order valence-corrected chi connectivity index (χ1v) is 9.76. The Balaban J connectivity index is 3.28. The van der Waals surface area contributed by atoms with Gasteiger partial charge in [0.1, 0.15) is 0 Å². The molecule has 0 aliphatic rings. The number of carbonyl (C=O) groups is 1. The Hall–Kier alpha value is -0.790. The summed E-state index contributed by atoms with van der Waals surface area (Å²) in [6.07, 6.45) is 18.0. The second-order valence-electron chi connectivity index (χ2n) is 7.80. The van der Waals surface area contributed by atoms with Crippen LogP contribution in [0.25, 0.3) is 0 Å². The average molecular weight is 325 g/mol. The molecule has 0 aromatic carbocycles. The van der Waals surface area contributed by atoms with E-state index in [4.69, 9.17) is 4.74 Å². The second-order valence-corrected chi connectivity index (χ2v) is 7.80. The van der Waals surface area contributed by atoms with Crippen molar-refractivity contribution in [1.29, 1.82) is 0 Å². The quantitative estimate of drug-likeness (QED) is 0.199. The van der Waals surface area contributed by atoms with Crippen LogP contribution in [0.15, 0.2) is 12.2 Å². The van der Waals surface area contributed by atoms with Gasteiger partial charge in [0.05, 0.1) is 6.61 Å². The first-order chi connectivity index (χ1) is 11.0. The summed E-state index contributed by atoms with van der Waals surface area (Å²) in [6.45, 7) is 9.71. The third-order valence-electron chi connectivity index (χ3n) is 3.99. The smallest absolute Gasteiger partial charge is 0.306 e. The van der Waals surface area contributed by atoms with E-state index in [9.17, 15) is 4.79 Å². The van der Waals surface area contributed by atoms with Gasteiger partial charge < -0.3 is 4.74 Å². The Morgan fingerprint density at radius 2 is 1.48 bits per heavy atom. The molecule has 2 heteroatoms. The lowest BCUT2D eigenvalue weighted by atomic mass is 9.89. The van der Waals surface area contributed by atoms with Crippen molar-refractivity contribution >= 4 is 5.97 Å². The molecule has 0 aromatic rings. The lowest BCUT2D eigenvalue weighted by molar-refractivity contribution is -0.143. The van der Waals surface area contributed by atoms with Crippen LogP contribution in [0, 0.1) is 5.41 Å². The Morgan fingerprint density at radius 3 is 2.13 bits per heavy atom. The summed E-state index contributed by atoms with van der Waals surface area (Å²) in [6, 6.07) is 0. The molecular weight excluding hydrogens is 284 g/mol. The highest BCUT2D eigenvalue weighted by molar-refractivity contribution is 5.69. The van der Waals surface area contributed by atoms with Gasteiger partial charge in [-0.2, -0.15) is 0 Å². The molecule has 0 spiro atoms. The van der Waals surface area contributed by atoms with Crippen LogP contribution < -0.4 is 0 Å². The van der Waals surface area contributed by atoms with Crippen LogP contribution >= 0.6 is 0 Å². The van der Waals surface area contributed by atoms with E-state index in [1.807, 2.05) is 0 Å². The van der Waals surface area contributed by atoms with Crippen molar-refractivity contribution in [1.82, 2.24) is 0 Å². The number of carbonyl (C=O) groups excluding carboxylic acids is 1. The minimum absolute atomic E-state index is 0.0460. The number of rotatable bonds is 14. The normalized spacial score (nSPS) is 12.0. The van der Waals surface area contributed by atoms with E-state index in [0.717, 1.165) is 19.3 Å². The van der Waals surface area contributed by atoms with Crippen molar-refractivity contribution < 1.29 is 9.53 Å². The fourth-order valence-corrected chi connectivity index (χ4v) is 2.48. The fraction of sp³-hybridized carbons (Fsp3) is 0.857. The number of esters is 1. The maximum Gasteiger partial charge on any atom is 0.306 e. The Kier molecular flexibility index (Phi) is 14.3. The van der Waals surface area contributed by atoms with Crippen LogP contribution in [-0.4, -0.2) is 12.6 Å². The largest absolute Gasteiger partial charge is 0.466 e. The third-order valence-corrected chi connectivity index (χ3v) is 3.99. The molecule has 0 bridgehead atoms. The first kappa shape index (κ1) is 22.2. The van der Waals surface area contributed by atoms with Gasteiger partial charge >= 0.3 is 5.97 Å². The van der Waals surface area contributed by atoms with Crippen molar-refractivity contribution in [2.24, 2.45) is 5.41 Å². The molecule has 0 saturated carbocycles. The SMILES string of the molecule is CCCC/C=C\CCC(=O)OCCCCCCCCC(C)(C)C. The number of ether oxygens (including phenoxy) is 1. The van der Waals surface area contributed by atoms with Crippen molar-refractivity contribution in [3.05, 3.63) is 12.2 Å². The molecule has 0 N–H and O–H groups in total. The van der Waals surface area contributed by atoms with Crippen LogP contribution in [0.4, 0.5) is 0 Å². The van der Waals surface area contributed by atoms with E-state index >= 15 is 0 Å². The number of unbranched alkanes of at least 4 members (excludes halogenated alkanes) is 7. The molecular formula is C21H40O2. The van der Waals surface area contributed by atoms with Crippen LogP contribution in [0.2, 0.25) is 0 Å². The average Bonchev–Trinajstić information content (AvgIpc) is 2.48. The maximum atomic E-state index is 11.5. The van der Waals surface area contributed by atoms with Gasteiger partial charge in [-0.05, 0) is 31.1 Å². The molecule has 0 amide bonds. The molecule has 0 aromatic heterocycles. The van der Waals surface area contributed by atoms with Gasteiger partial charge in [0.25, 0.3) is 0 Å². The van der Waals surface area contributed by atoms with Gasteiger partial charge in [-0.1, -0.05) is 84.8 Å². The zero-order valence-corrected chi connectivity index (χ0v) is 16.2. The Bertz CT molecular complexity index is 299. The molecule has 0 radical (unpaired) electrons. The molecule has 2 nitrogen and oxygen atoms in total. The van der Waals surface area contributed by atoms with Crippen LogP contribution in [-0.2, 0) is 9.53 Å². The maximum absolute atomic E-state index is 11.5. The van der Waals surface area contributed by atoms with E-state index < -0.39 is 0 Å². The summed E-state index contributed by atoms with van der Waals surface area (Å²) in [4.78, 5) is 11.5. The molecule has 0 heterocycles. The molecule has 0 saturated heterocycles. The van der Waals surface area contributed by atoms with Crippen LogP contribution in [0.3, 0.4) is 0 Å². The van der Waals surface area contributed by atoms with E-state index in [1.54, 1.807) is 0 Å². The van der Waals surface area contributed by atoms with Gasteiger partial charge in [-0.15, -0.1) is 0 Å². The van der Waals surface area contributed by atoms with E-state index in [-0.39, 0.29) is 5.97 Å².